The van der Waals surface area contributed by atoms with Crippen molar-refractivity contribution in [3.63, 3.8) is 0 Å². The van der Waals surface area contributed by atoms with E-state index in [2.05, 4.69) is 34.4 Å². The molecule has 3 atom stereocenters. The molecule has 1 aliphatic carbocycles. The number of fused-ring (bicyclic) bond motifs is 1. The predicted molar refractivity (Wildman–Crippen MR) is 60.2 cm³/mol. The van der Waals surface area contributed by atoms with Crippen LogP contribution in [0.2, 0.25) is 0 Å². The van der Waals surface area contributed by atoms with Gasteiger partial charge >= 0.3 is 0 Å². The number of hydrogen-bond acceptors (Lipinski definition) is 2. The van der Waals surface area contributed by atoms with Gasteiger partial charge in [-0.1, -0.05) is 11.8 Å². The zero-order chi connectivity index (χ0) is 9.42. The Morgan fingerprint density at radius 2 is 2.54 bits per heavy atom. The smallest absolute Gasteiger partial charge is 0.203 e. The molecule has 0 saturated carbocycles. The molecule has 0 aromatic heterocycles. The molecule has 1 heterocycles. The third kappa shape index (κ3) is 1.60. The molecule has 1 saturated heterocycles. The summed E-state index contributed by atoms with van der Waals surface area (Å²) in [7, 11) is 8.03. The minimum Gasteiger partial charge on any atom is -0.470 e. The van der Waals surface area contributed by atoms with E-state index < -0.39 is 0 Å². The lowest BCUT2D eigenvalue weighted by Crippen LogP contribution is -2.49. The lowest BCUT2D eigenvalue weighted by atomic mass is 9.78. The van der Waals surface area contributed by atoms with Crippen LogP contribution in [0.5, 0.6) is 0 Å². The molecule has 0 aromatic rings. The summed E-state index contributed by atoms with van der Waals surface area (Å²) in [6, 6.07) is 0. The van der Waals surface area contributed by atoms with Gasteiger partial charge in [-0.15, -0.1) is 0 Å². The zero-order valence-corrected chi connectivity index (χ0v) is 9.48. The maximum Gasteiger partial charge on any atom is 0.203 e. The zero-order valence-electron chi connectivity index (χ0n) is 7.33. The topological polar surface area (TPSA) is 12.5 Å². The summed E-state index contributed by atoms with van der Waals surface area (Å²) in [5.41, 5.74) is 0. The van der Waals surface area contributed by atoms with Crippen LogP contribution in [-0.4, -0.2) is 30.0 Å². The van der Waals surface area contributed by atoms with Crippen LogP contribution in [0, 0.1) is 17.8 Å². The third-order valence-electron chi connectivity index (χ3n) is 2.44. The van der Waals surface area contributed by atoms with Gasteiger partial charge in [-0.2, -0.15) is 0 Å². The minimum atomic E-state index is 0.0231. The van der Waals surface area contributed by atoms with Gasteiger partial charge in [0.15, 0.2) is 0 Å². The molecule has 3 unspecified atom stereocenters. The van der Waals surface area contributed by atoms with E-state index in [1.807, 2.05) is 18.0 Å². The number of alkyl halides is 1. The summed E-state index contributed by atoms with van der Waals surface area (Å²) in [6.07, 6.45) is 2.65. The Kier molecular flexibility index (Phi) is 2.57. The standard InChI is InChI=1S/C9H9BINO/c1-12-8(10)6-4-2-3-5-7(6)13-9(12)11/h5-6,8-9H,4H2,1H3. The van der Waals surface area contributed by atoms with E-state index in [0.717, 1.165) is 12.2 Å². The van der Waals surface area contributed by atoms with Gasteiger partial charge in [0.1, 0.15) is 5.76 Å². The SMILES string of the molecule is [B]C1C2CC#CC=C2OC(I)N1C. The monoisotopic (exact) mass is 285 g/mol. The second kappa shape index (κ2) is 3.54. The summed E-state index contributed by atoms with van der Waals surface area (Å²) >= 11 is 2.22. The molecule has 1 fully saturated rings. The Labute approximate surface area is 93.2 Å². The van der Waals surface area contributed by atoms with Crippen molar-refractivity contribution in [1.82, 2.24) is 4.90 Å². The number of halogens is 1. The van der Waals surface area contributed by atoms with Crippen molar-refractivity contribution in [2.24, 2.45) is 5.92 Å². The molecule has 2 nitrogen and oxygen atoms in total. The molecule has 1 aliphatic heterocycles. The molecule has 2 aliphatic rings. The lowest BCUT2D eigenvalue weighted by Gasteiger charge is -2.42. The van der Waals surface area contributed by atoms with Crippen LogP contribution >= 0.6 is 22.6 Å². The first-order valence-corrected chi connectivity index (χ1v) is 5.41. The third-order valence-corrected chi connectivity index (χ3v) is 3.57. The van der Waals surface area contributed by atoms with Gasteiger partial charge in [0, 0.05) is 18.4 Å². The minimum absolute atomic E-state index is 0.0231. The van der Waals surface area contributed by atoms with Crippen LogP contribution in [0.1, 0.15) is 6.42 Å². The number of allylic oxidation sites excluding steroid dienone is 1. The van der Waals surface area contributed by atoms with Crippen LogP contribution in [-0.2, 0) is 4.74 Å². The molecule has 0 bridgehead atoms. The van der Waals surface area contributed by atoms with Crippen molar-refractivity contribution in [3.8, 4) is 11.8 Å². The van der Waals surface area contributed by atoms with Gasteiger partial charge in [-0.05, 0) is 35.6 Å². The first-order valence-electron chi connectivity index (χ1n) is 4.17. The molecule has 66 valence electrons. The Balaban J connectivity index is 2.25. The number of nitrogens with zero attached hydrogens (tertiary/aromatic N) is 1. The highest BCUT2D eigenvalue weighted by atomic mass is 127. The lowest BCUT2D eigenvalue weighted by molar-refractivity contribution is -0.00794. The fraction of sp³-hybridized carbons (Fsp3) is 0.556. The van der Waals surface area contributed by atoms with Gasteiger partial charge < -0.3 is 4.74 Å². The van der Waals surface area contributed by atoms with Crippen molar-refractivity contribution in [1.29, 1.82) is 0 Å². The molecule has 2 radical (unpaired) electrons. The second-order valence-electron chi connectivity index (χ2n) is 3.24. The van der Waals surface area contributed by atoms with E-state index in [-0.39, 0.29) is 16.1 Å². The van der Waals surface area contributed by atoms with Crippen LogP contribution in [0.15, 0.2) is 11.8 Å². The quantitative estimate of drug-likeness (QED) is 0.217. The summed E-state index contributed by atoms with van der Waals surface area (Å²) < 4.78 is 5.69. The van der Waals surface area contributed by atoms with Crippen molar-refractivity contribution in [2.75, 3.05) is 7.05 Å². The van der Waals surface area contributed by atoms with E-state index in [1.54, 1.807) is 0 Å². The Hall–Kier alpha value is -0.145. The van der Waals surface area contributed by atoms with Crippen LogP contribution in [0.4, 0.5) is 0 Å². The largest absolute Gasteiger partial charge is 0.470 e. The normalized spacial score (nSPS) is 38.0. The molecule has 2 rings (SSSR count). The molecular weight excluding hydrogens is 276 g/mol. The Morgan fingerprint density at radius 3 is 3.31 bits per heavy atom. The second-order valence-corrected chi connectivity index (χ2v) is 4.31. The predicted octanol–water partition coefficient (Wildman–Crippen LogP) is 1.07. The van der Waals surface area contributed by atoms with E-state index >= 15 is 0 Å². The highest BCUT2D eigenvalue weighted by molar-refractivity contribution is 14.1. The van der Waals surface area contributed by atoms with Crippen molar-refractivity contribution in [2.45, 2.75) is 16.6 Å². The first kappa shape index (κ1) is 9.41. The van der Waals surface area contributed by atoms with E-state index in [4.69, 9.17) is 12.6 Å². The maximum atomic E-state index is 6.06. The summed E-state index contributed by atoms with van der Waals surface area (Å²) in [5.74, 6) is 7.18. The fourth-order valence-corrected chi connectivity index (χ4v) is 2.19. The van der Waals surface area contributed by atoms with Crippen LogP contribution in [0.3, 0.4) is 0 Å². The van der Waals surface area contributed by atoms with Crippen molar-refractivity contribution >= 4 is 30.4 Å². The molecule has 0 aromatic carbocycles. The van der Waals surface area contributed by atoms with Crippen molar-refractivity contribution in [3.05, 3.63) is 11.8 Å². The highest BCUT2D eigenvalue weighted by Crippen LogP contribution is 2.33. The molecule has 0 spiro atoms. The molecular formula is C9H9BINO. The molecule has 4 heteroatoms. The molecule has 0 N–H and O–H groups in total. The van der Waals surface area contributed by atoms with Gasteiger partial charge in [-0.3, -0.25) is 4.90 Å². The number of hydrogen-bond donors (Lipinski definition) is 0. The average molecular weight is 285 g/mol. The number of ether oxygens (including phenoxy) is 1. The average Bonchev–Trinajstić information content (AvgIpc) is 2.15. The van der Waals surface area contributed by atoms with Crippen LogP contribution in [0.25, 0.3) is 0 Å². The van der Waals surface area contributed by atoms with Gasteiger partial charge in [-0.25, -0.2) is 0 Å². The molecule has 13 heavy (non-hydrogen) atoms. The van der Waals surface area contributed by atoms with Gasteiger partial charge in [0.2, 0.25) is 4.23 Å². The maximum absolute atomic E-state index is 6.06. The van der Waals surface area contributed by atoms with E-state index in [1.165, 1.54) is 0 Å². The van der Waals surface area contributed by atoms with Crippen molar-refractivity contribution < 1.29 is 4.74 Å². The summed E-state index contributed by atoms with van der Waals surface area (Å²) in [6.45, 7) is 0. The number of rotatable bonds is 0. The highest BCUT2D eigenvalue weighted by Gasteiger charge is 2.35. The molecule has 0 amide bonds. The Morgan fingerprint density at radius 1 is 1.77 bits per heavy atom. The van der Waals surface area contributed by atoms with Crippen LogP contribution < -0.4 is 0 Å². The Bertz CT molecular complexity index is 306. The van der Waals surface area contributed by atoms with E-state index in [0.29, 0.717) is 0 Å². The van der Waals surface area contributed by atoms with E-state index in [9.17, 15) is 0 Å². The first-order chi connectivity index (χ1) is 6.20. The summed E-state index contributed by atoms with van der Waals surface area (Å²) in [4.78, 5) is 2.02. The van der Waals surface area contributed by atoms with Gasteiger partial charge in [0.05, 0.1) is 7.85 Å². The summed E-state index contributed by atoms with van der Waals surface area (Å²) in [5, 5.41) is 0. The van der Waals surface area contributed by atoms with Gasteiger partial charge in [0.25, 0.3) is 0 Å². The fourth-order valence-electron chi connectivity index (χ4n) is 1.52.